The predicted molar refractivity (Wildman–Crippen MR) is 134 cm³/mol. The van der Waals surface area contributed by atoms with Gasteiger partial charge in [-0.3, -0.25) is 4.79 Å². The van der Waals surface area contributed by atoms with E-state index in [9.17, 15) is 23.8 Å². The molecule has 7 nitrogen and oxygen atoms in total. The summed E-state index contributed by atoms with van der Waals surface area (Å²) in [7, 11) is 0. The number of amides is 1. The van der Waals surface area contributed by atoms with Crippen molar-refractivity contribution in [3.05, 3.63) is 52.5 Å². The largest absolute Gasteiger partial charge is 0.508 e. The van der Waals surface area contributed by atoms with Crippen LogP contribution in [0.25, 0.3) is 0 Å². The highest BCUT2D eigenvalue weighted by molar-refractivity contribution is 6.30. The van der Waals surface area contributed by atoms with Crippen LogP contribution in [0.3, 0.4) is 0 Å². The molecular formula is C27H31ClF2N2O5. The molecule has 1 atom stereocenters. The zero-order valence-electron chi connectivity index (χ0n) is 20.5. The molecule has 3 aliphatic heterocycles. The lowest BCUT2D eigenvalue weighted by atomic mass is 9.87. The average molecular weight is 537 g/mol. The molecule has 0 saturated carbocycles. The first-order chi connectivity index (χ1) is 17.6. The summed E-state index contributed by atoms with van der Waals surface area (Å²) in [4.78, 5) is 16.5. The van der Waals surface area contributed by atoms with Crippen LogP contribution in [0.1, 0.15) is 41.6 Å². The van der Waals surface area contributed by atoms with E-state index in [4.69, 9.17) is 21.1 Å². The molecule has 2 saturated heterocycles. The van der Waals surface area contributed by atoms with Crippen molar-refractivity contribution >= 4 is 17.5 Å². The number of alkyl halides is 2. The fourth-order valence-corrected chi connectivity index (χ4v) is 5.57. The number of nitrogens with zero attached hydrogens (tertiary/aromatic N) is 2. The number of aromatic hydroxyl groups is 1. The molecule has 2 aromatic rings. The summed E-state index contributed by atoms with van der Waals surface area (Å²) < 4.78 is 39.0. The van der Waals surface area contributed by atoms with Crippen LogP contribution in [0.2, 0.25) is 5.02 Å². The number of β-amino-alcohol motifs (C(OH)–C–C–N with tert-alkyl or cyclic N) is 1. The van der Waals surface area contributed by atoms with Gasteiger partial charge in [0.25, 0.3) is 11.8 Å². The Labute approximate surface area is 219 Å². The molecule has 200 valence electrons. The molecular weight excluding hydrogens is 506 g/mol. The Balaban J connectivity index is 1.13. The number of likely N-dealkylation sites (tertiary alicyclic amines) is 2. The number of ether oxygens (including phenoxy) is 2. The first-order valence-electron chi connectivity index (χ1n) is 12.6. The minimum atomic E-state index is -2.76. The van der Waals surface area contributed by atoms with Gasteiger partial charge in [0, 0.05) is 75.9 Å². The molecule has 10 heteroatoms. The maximum Gasteiger partial charge on any atom is 0.257 e. The van der Waals surface area contributed by atoms with E-state index in [1.807, 2.05) is 18.2 Å². The zero-order chi connectivity index (χ0) is 26.2. The minimum absolute atomic E-state index is 0.0486. The number of carbonyl (C=O) groups is 1. The molecule has 2 aromatic carbocycles. The van der Waals surface area contributed by atoms with Crippen LogP contribution >= 0.6 is 11.6 Å². The van der Waals surface area contributed by atoms with Gasteiger partial charge >= 0.3 is 0 Å². The van der Waals surface area contributed by atoms with Crippen molar-refractivity contribution in [1.82, 2.24) is 9.80 Å². The third-order valence-electron chi connectivity index (χ3n) is 7.51. The first-order valence-corrected chi connectivity index (χ1v) is 13.0. The fourth-order valence-electron chi connectivity index (χ4n) is 5.38. The Morgan fingerprint density at radius 1 is 1.08 bits per heavy atom. The van der Waals surface area contributed by atoms with Gasteiger partial charge in [0.15, 0.2) is 0 Å². The van der Waals surface area contributed by atoms with E-state index in [2.05, 4.69) is 4.90 Å². The Kier molecular flexibility index (Phi) is 7.22. The van der Waals surface area contributed by atoms with Gasteiger partial charge in [-0.05, 0) is 35.9 Å². The topological polar surface area (TPSA) is 82.5 Å². The van der Waals surface area contributed by atoms with Gasteiger partial charge in [0.1, 0.15) is 35.6 Å². The van der Waals surface area contributed by atoms with E-state index in [-0.39, 0.29) is 55.2 Å². The number of hydrogen-bond acceptors (Lipinski definition) is 6. The van der Waals surface area contributed by atoms with Crippen molar-refractivity contribution in [3.8, 4) is 17.2 Å². The number of phenolic OH excluding ortho intramolecular Hbond substituents is 1. The van der Waals surface area contributed by atoms with Crippen molar-refractivity contribution in [1.29, 1.82) is 0 Å². The quantitative estimate of drug-likeness (QED) is 0.578. The summed E-state index contributed by atoms with van der Waals surface area (Å²) in [5.74, 6) is -2.27. The molecule has 0 bridgehead atoms. The highest BCUT2D eigenvalue weighted by atomic mass is 35.5. The van der Waals surface area contributed by atoms with E-state index < -0.39 is 17.9 Å². The molecule has 3 aliphatic rings. The smallest absolute Gasteiger partial charge is 0.257 e. The van der Waals surface area contributed by atoms with Gasteiger partial charge in [0.05, 0.1) is 5.56 Å². The molecule has 2 fully saturated rings. The number of fused-ring (bicyclic) bond motifs is 1. The summed E-state index contributed by atoms with van der Waals surface area (Å²) in [6.07, 6.45) is 0.890. The van der Waals surface area contributed by atoms with Crippen molar-refractivity contribution in [3.63, 3.8) is 0 Å². The maximum atomic E-state index is 13.5. The van der Waals surface area contributed by atoms with Crippen LogP contribution in [0, 0.1) is 0 Å². The number of hydrogen-bond donors (Lipinski definition) is 2. The van der Waals surface area contributed by atoms with Gasteiger partial charge in [-0.15, -0.1) is 0 Å². The van der Waals surface area contributed by atoms with Crippen LogP contribution < -0.4 is 9.47 Å². The maximum absolute atomic E-state index is 13.5. The van der Waals surface area contributed by atoms with Crippen LogP contribution in [0.5, 0.6) is 17.2 Å². The Bertz CT molecular complexity index is 1150. The molecule has 0 aromatic heterocycles. The lowest BCUT2D eigenvalue weighted by Gasteiger charge is -2.39. The summed E-state index contributed by atoms with van der Waals surface area (Å²) >= 11 is 6.12. The number of carbonyl (C=O) groups excluding carboxylic acids is 1. The molecule has 3 heterocycles. The summed E-state index contributed by atoms with van der Waals surface area (Å²) in [5, 5.41) is 21.3. The number of phenols is 1. The van der Waals surface area contributed by atoms with Gasteiger partial charge in [-0.25, -0.2) is 8.78 Å². The van der Waals surface area contributed by atoms with Crippen molar-refractivity contribution in [2.75, 3.05) is 39.3 Å². The van der Waals surface area contributed by atoms with Gasteiger partial charge in [-0.1, -0.05) is 11.6 Å². The lowest BCUT2D eigenvalue weighted by Crippen LogP contribution is -2.49. The molecule has 0 aliphatic carbocycles. The highest BCUT2D eigenvalue weighted by Crippen LogP contribution is 2.42. The summed E-state index contributed by atoms with van der Waals surface area (Å²) in [6, 6.07) is 9.80. The van der Waals surface area contributed by atoms with Crippen molar-refractivity contribution in [2.24, 2.45) is 0 Å². The minimum Gasteiger partial charge on any atom is -0.508 e. The number of piperidine rings is 2. The molecule has 0 radical (unpaired) electrons. The van der Waals surface area contributed by atoms with Gasteiger partial charge in [0.2, 0.25) is 0 Å². The molecule has 0 unspecified atom stereocenters. The highest BCUT2D eigenvalue weighted by Gasteiger charge is 2.42. The SMILES string of the molecule is O=C(c1ccc(O)cc1OC[C@H](O)CN1CCC2(CC1)Cc1cc(Cl)ccc1O2)N1CCC(F)(F)CC1. The number of benzene rings is 2. The van der Waals surface area contributed by atoms with Gasteiger partial charge in [-0.2, -0.15) is 0 Å². The lowest BCUT2D eigenvalue weighted by molar-refractivity contribution is -0.0494. The molecule has 5 rings (SSSR count). The number of rotatable bonds is 6. The van der Waals surface area contributed by atoms with E-state index in [1.54, 1.807) is 0 Å². The average Bonchev–Trinajstić information content (AvgIpc) is 3.21. The van der Waals surface area contributed by atoms with Crippen molar-refractivity contribution < 1.29 is 33.3 Å². The van der Waals surface area contributed by atoms with Crippen LogP contribution in [-0.4, -0.2) is 82.9 Å². The second-order valence-electron chi connectivity index (χ2n) is 10.3. The summed E-state index contributed by atoms with van der Waals surface area (Å²) in [5.41, 5.74) is 1.07. The Morgan fingerprint density at radius 3 is 2.54 bits per heavy atom. The van der Waals surface area contributed by atoms with E-state index in [1.165, 1.54) is 23.1 Å². The van der Waals surface area contributed by atoms with Crippen LogP contribution in [0.15, 0.2) is 36.4 Å². The number of halogens is 3. The monoisotopic (exact) mass is 536 g/mol. The molecule has 1 amide bonds. The normalized spacial score (nSPS) is 21.4. The van der Waals surface area contributed by atoms with Gasteiger partial charge < -0.3 is 29.5 Å². The second kappa shape index (κ2) is 10.3. The van der Waals surface area contributed by atoms with E-state index in [0.29, 0.717) is 11.6 Å². The molecule has 1 spiro atoms. The fraction of sp³-hybridized carbons (Fsp3) is 0.519. The van der Waals surface area contributed by atoms with Crippen LogP contribution in [-0.2, 0) is 6.42 Å². The molecule has 37 heavy (non-hydrogen) atoms. The predicted octanol–water partition coefficient (Wildman–Crippen LogP) is 4.13. The number of aliphatic hydroxyl groups is 1. The van der Waals surface area contributed by atoms with E-state index >= 15 is 0 Å². The zero-order valence-corrected chi connectivity index (χ0v) is 21.2. The van der Waals surface area contributed by atoms with E-state index in [0.717, 1.165) is 43.7 Å². The summed E-state index contributed by atoms with van der Waals surface area (Å²) in [6.45, 7) is 1.73. The second-order valence-corrected chi connectivity index (χ2v) is 10.7. The van der Waals surface area contributed by atoms with Crippen LogP contribution in [0.4, 0.5) is 8.78 Å². The Hall–Kier alpha value is -2.62. The molecule has 2 N–H and O–H groups in total. The van der Waals surface area contributed by atoms with Crippen molar-refractivity contribution in [2.45, 2.75) is 49.7 Å². The first kappa shape index (κ1) is 26.0. The third kappa shape index (κ3) is 5.94. The Morgan fingerprint density at radius 2 is 1.81 bits per heavy atom. The third-order valence-corrected chi connectivity index (χ3v) is 7.74. The number of aliphatic hydroxyl groups excluding tert-OH is 1. The standard InChI is InChI=1S/C27H31ClF2N2O5/c28-19-1-4-23-18(13-19)15-26(37-23)5-9-31(10-6-26)16-21(34)17-36-24-14-20(33)2-3-22(24)25(35)32-11-7-27(29,30)8-12-32/h1-4,13-14,21,33-34H,5-12,15-17H2/t21-/m1/s1.